The van der Waals surface area contributed by atoms with Crippen LogP contribution in [-0.2, 0) is 0 Å². The van der Waals surface area contributed by atoms with Crippen molar-refractivity contribution in [2.24, 2.45) is 0 Å². The largest absolute Gasteiger partial charge is 0.340 e. The van der Waals surface area contributed by atoms with Gasteiger partial charge in [-0.25, -0.2) is 9.97 Å². The van der Waals surface area contributed by atoms with Gasteiger partial charge in [-0.2, -0.15) is 0 Å². The molecule has 6 heteroatoms. The van der Waals surface area contributed by atoms with Crippen LogP contribution >= 0.6 is 23.2 Å². The molecule has 0 atom stereocenters. The summed E-state index contributed by atoms with van der Waals surface area (Å²) in [6.07, 6.45) is 1.87. The molecule has 3 aromatic carbocycles. The third kappa shape index (κ3) is 3.75. The van der Waals surface area contributed by atoms with E-state index in [4.69, 9.17) is 23.2 Å². The summed E-state index contributed by atoms with van der Waals surface area (Å²) in [7, 11) is 0. The van der Waals surface area contributed by atoms with Crippen molar-refractivity contribution in [1.29, 1.82) is 0 Å². The Labute approximate surface area is 183 Å². The molecular weight excluding hydrogens is 415 g/mol. The van der Waals surface area contributed by atoms with E-state index in [9.17, 15) is 0 Å². The zero-order valence-corrected chi connectivity index (χ0v) is 17.2. The molecule has 5 aromatic rings. The molecule has 5 rings (SSSR count). The number of benzene rings is 3. The lowest BCUT2D eigenvalue weighted by Crippen LogP contribution is -1.94. The van der Waals surface area contributed by atoms with Crippen LogP contribution < -0.4 is 5.32 Å². The maximum atomic E-state index is 6.11. The predicted octanol–water partition coefficient (Wildman–Crippen LogP) is 7.34. The van der Waals surface area contributed by atoms with Crippen molar-refractivity contribution in [1.82, 2.24) is 15.0 Å². The molecular formula is C24H16Cl2N4. The highest BCUT2D eigenvalue weighted by molar-refractivity contribution is 6.42. The van der Waals surface area contributed by atoms with Crippen LogP contribution in [0.15, 0.2) is 85.1 Å². The van der Waals surface area contributed by atoms with Crippen LogP contribution in [0.1, 0.15) is 0 Å². The standard InChI is InChI=1S/C24H16Cl2N4/c25-19-12-21-22(13-20(19)26)30-24(29-21)16-7-4-8-18(11-16)28-23-10-9-17(14-27-23)15-5-2-1-3-6-15/h1-14H,(H,27,28)(H,29,30). The summed E-state index contributed by atoms with van der Waals surface area (Å²) in [6, 6.07) is 25.8. The fourth-order valence-electron chi connectivity index (χ4n) is 3.30. The number of fused-ring (bicyclic) bond motifs is 1. The highest BCUT2D eigenvalue weighted by Crippen LogP contribution is 2.30. The van der Waals surface area contributed by atoms with Gasteiger partial charge in [-0.05, 0) is 42.0 Å². The summed E-state index contributed by atoms with van der Waals surface area (Å²) in [5, 5.41) is 4.34. The number of nitrogens with one attached hydrogen (secondary N) is 2. The Hall–Kier alpha value is -3.34. The van der Waals surface area contributed by atoms with Crippen molar-refractivity contribution in [3.8, 4) is 22.5 Å². The normalized spacial score (nSPS) is 11.0. The molecule has 2 aromatic heterocycles. The molecule has 0 saturated carbocycles. The van der Waals surface area contributed by atoms with Gasteiger partial charge in [-0.3, -0.25) is 0 Å². The van der Waals surface area contributed by atoms with E-state index in [1.165, 1.54) is 0 Å². The van der Waals surface area contributed by atoms with Crippen molar-refractivity contribution in [2.75, 3.05) is 5.32 Å². The molecule has 0 aliphatic rings. The average Bonchev–Trinajstić information content (AvgIpc) is 3.18. The van der Waals surface area contributed by atoms with Crippen LogP contribution in [0, 0.1) is 0 Å². The average molecular weight is 431 g/mol. The summed E-state index contributed by atoms with van der Waals surface area (Å²) in [5.41, 5.74) is 5.71. The summed E-state index contributed by atoms with van der Waals surface area (Å²) in [4.78, 5) is 12.5. The topological polar surface area (TPSA) is 53.6 Å². The molecule has 0 bridgehead atoms. The molecule has 0 aliphatic carbocycles. The Kier molecular flexibility index (Phi) is 4.87. The summed E-state index contributed by atoms with van der Waals surface area (Å²) in [5.74, 6) is 1.52. The van der Waals surface area contributed by atoms with Crippen LogP contribution in [0.4, 0.5) is 11.5 Å². The Morgan fingerprint density at radius 3 is 2.33 bits per heavy atom. The van der Waals surface area contributed by atoms with Gasteiger partial charge >= 0.3 is 0 Å². The van der Waals surface area contributed by atoms with Gasteiger partial charge in [0.1, 0.15) is 11.6 Å². The fourth-order valence-corrected chi connectivity index (χ4v) is 3.62. The van der Waals surface area contributed by atoms with E-state index in [2.05, 4.69) is 38.5 Å². The first-order chi connectivity index (χ1) is 14.7. The van der Waals surface area contributed by atoms with Crippen LogP contribution in [0.3, 0.4) is 0 Å². The summed E-state index contributed by atoms with van der Waals surface area (Å²) >= 11 is 12.2. The van der Waals surface area contributed by atoms with E-state index in [-0.39, 0.29) is 0 Å². The van der Waals surface area contributed by atoms with Crippen LogP contribution in [-0.4, -0.2) is 15.0 Å². The van der Waals surface area contributed by atoms with Crippen molar-refractivity contribution >= 4 is 45.7 Å². The third-order valence-electron chi connectivity index (χ3n) is 4.80. The minimum absolute atomic E-state index is 0.489. The first-order valence-corrected chi connectivity index (χ1v) is 10.1. The molecule has 4 nitrogen and oxygen atoms in total. The lowest BCUT2D eigenvalue weighted by Gasteiger charge is -2.08. The Bertz CT molecular complexity index is 1290. The van der Waals surface area contributed by atoms with Crippen molar-refractivity contribution in [3.63, 3.8) is 0 Å². The molecule has 0 unspecified atom stereocenters. The van der Waals surface area contributed by atoms with Crippen LogP contribution in [0.5, 0.6) is 0 Å². The van der Waals surface area contributed by atoms with Gasteiger partial charge in [0.25, 0.3) is 0 Å². The molecule has 30 heavy (non-hydrogen) atoms. The highest BCUT2D eigenvalue weighted by Gasteiger charge is 2.09. The smallest absolute Gasteiger partial charge is 0.138 e. The number of aromatic nitrogens is 3. The van der Waals surface area contributed by atoms with Gasteiger partial charge in [0.05, 0.1) is 21.1 Å². The molecule has 2 N–H and O–H groups in total. The second-order valence-corrected chi connectivity index (χ2v) is 7.69. The van der Waals surface area contributed by atoms with E-state index >= 15 is 0 Å². The molecule has 0 spiro atoms. The number of imidazole rings is 1. The van der Waals surface area contributed by atoms with Crippen LogP contribution in [0.2, 0.25) is 10.0 Å². The van der Waals surface area contributed by atoms with E-state index in [0.717, 1.165) is 45.1 Å². The Morgan fingerprint density at radius 2 is 1.53 bits per heavy atom. The van der Waals surface area contributed by atoms with E-state index in [0.29, 0.717) is 10.0 Å². The van der Waals surface area contributed by atoms with Crippen molar-refractivity contribution < 1.29 is 0 Å². The first-order valence-electron chi connectivity index (χ1n) is 9.39. The molecule has 0 fully saturated rings. The van der Waals surface area contributed by atoms with Gasteiger partial charge in [0.15, 0.2) is 0 Å². The number of pyridine rings is 1. The quantitative estimate of drug-likeness (QED) is 0.313. The maximum Gasteiger partial charge on any atom is 0.138 e. The second-order valence-electron chi connectivity index (χ2n) is 6.87. The van der Waals surface area contributed by atoms with E-state index in [1.54, 1.807) is 12.1 Å². The SMILES string of the molecule is Clc1cc2nc(-c3cccc(Nc4ccc(-c5ccccc5)cn4)c3)[nH]c2cc1Cl. The molecule has 0 saturated heterocycles. The lowest BCUT2D eigenvalue weighted by molar-refractivity contribution is 1.30. The van der Waals surface area contributed by atoms with Gasteiger partial charge in [-0.1, -0.05) is 65.7 Å². The zero-order chi connectivity index (χ0) is 20.5. The zero-order valence-electron chi connectivity index (χ0n) is 15.7. The van der Waals surface area contributed by atoms with Gasteiger partial charge in [-0.15, -0.1) is 0 Å². The molecule has 0 radical (unpaired) electrons. The lowest BCUT2D eigenvalue weighted by atomic mass is 10.1. The number of aromatic amines is 1. The maximum absolute atomic E-state index is 6.11. The molecule has 0 aliphatic heterocycles. The number of hydrogen-bond acceptors (Lipinski definition) is 3. The summed E-state index contributed by atoms with van der Waals surface area (Å²) in [6.45, 7) is 0. The number of hydrogen-bond donors (Lipinski definition) is 2. The molecule has 146 valence electrons. The number of rotatable bonds is 4. The second kappa shape index (κ2) is 7.82. The van der Waals surface area contributed by atoms with E-state index in [1.807, 2.05) is 54.7 Å². The van der Waals surface area contributed by atoms with Gasteiger partial charge in [0, 0.05) is 23.0 Å². The van der Waals surface area contributed by atoms with Crippen molar-refractivity contribution in [2.45, 2.75) is 0 Å². The fraction of sp³-hybridized carbons (Fsp3) is 0. The monoisotopic (exact) mass is 430 g/mol. The Morgan fingerprint density at radius 1 is 0.733 bits per heavy atom. The minimum atomic E-state index is 0.489. The van der Waals surface area contributed by atoms with Crippen molar-refractivity contribution in [3.05, 3.63) is 95.1 Å². The third-order valence-corrected chi connectivity index (χ3v) is 5.53. The van der Waals surface area contributed by atoms with Gasteiger partial charge < -0.3 is 10.3 Å². The number of halogens is 2. The number of nitrogens with zero attached hydrogens (tertiary/aromatic N) is 2. The number of anilines is 2. The minimum Gasteiger partial charge on any atom is -0.340 e. The van der Waals surface area contributed by atoms with Crippen LogP contribution in [0.25, 0.3) is 33.5 Å². The number of H-pyrrole nitrogens is 1. The van der Waals surface area contributed by atoms with E-state index < -0.39 is 0 Å². The Balaban J connectivity index is 1.40. The highest BCUT2D eigenvalue weighted by atomic mass is 35.5. The molecule has 2 heterocycles. The van der Waals surface area contributed by atoms with Gasteiger partial charge in [0.2, 0.25) is 0 Å². The first kappa shape index (κ1) is 18.7. The summed E-state index contributed by atoms with van der Waals surface area (Å²) < 4.78 is 0. The molecule has 0 amide bonds. The predicted molar refractivity (Wildman–Crippen MR) is 125 cm³/mol.